The predicted octanol–water partition coefficient (Wildman–Crippen LogP) is 4.22. The number of nitrogens with zero attached hydrogens (tertiary/aromatic N) is 1. The Hall–Kier alpha value is -2.80. The summed E-state index contributed by atoms with van der Waals surface area (Å²) in [7, 11) is 0. The monoisotopic (exact) mass is 477 g/mol. The molecule has 1 spiro atoms. The summed E-state index contributed by atoms with van der Waals surface area (Å²) in [6.07, 6.45) is 6.47. The summed E-state index contributed by atoms with van der Waals surface area (Å²) < 4.78 is 0. The maximum absolute atomic E-state index is 13.9. The molecule has 2 aromatic rings. The summed E-state index contributed by atoms with van der Waals surface area (Å²) in [6.45, 7) is 2.37. The highest BCUT2D eigenvalue weighted by Crippen LogP contribution is 2.44. The van der Waals surface area contributed by atoms with Gasteiger partial charge in [-0.2, -0.15) is 0 Å². The SMILES string of the molecule is CSc1ccc(CNC(=O)C([C@@H](C)C2CCC2)N2C(=O)N[C@]3(CCc4ccccc43)C2=O)cc1. The topological polar surface area (TPSA) is 78.5 Å². The Morgan fingerprint density at radius 3 is 2.59 bits per heavy atom. The van der Waals surface area contributed by atoms with Crippen LogP contribution in [0.25, 0.3) is 0 Å². The summed E-state index contributed by atoms with van der Waals surface area (Å²) in [5.41, 5.74) is 1.87. The van der Waals surface area contributed by atoms with Gasteiger partial charge in [0.15, 0.2) is 0 Å². The van der Waals surface area contributed by atoms with Crippen molar-refractivity contribution in [3.8, 4) is 0 Å². The number of amides is 4. The van der Waals surface area contributed by atoms with Crippen molar-refractivity contribution in [2.24, 2.45) is 11.8 Å². The van der Waals surface area contributed by atoms with Crippen LogP contribution in [0.5, 0.6) is 0 Å². The van der Waals surface area contributed by atoms with Gasteiger partial charge in [-0.3, -0.25) is 9.59 Å². The largest absolute Gasteiger partial charge is 0.350 e. The standard InChI is InChI=1S/C27H31N3O3S/c1-17(19-7-5-8-19)23(24(31)28-16-18-10-12-21(34-2)13-11-18)30-25(32)27(29-26(30)33)15-14-20-6-3-4-9-22(20)27/h3-4,6,9-13,17,19,23H,5,7-8,14-16H2,1-2H3,(H,28,31)(H,29,33)/t17-,23?,27-/m0/s1. The van der Waals surface area contributed by atoms with Gasteiger partial charge in [-0.25, -0.2) is 9.69 Å². The number of urea groups is 1. The molecule has 2 fully saturated rings. The Labute approximate surface area is 204 Å². The molecule has 34 heavy (non-hydrogen) atoms. The molecule has 1 unspecified atom stereocenters. The summed E-state index contributed by atoms with van der Waals surface area (Å²) in [5.74, 6) is -0.322. The first kappa shape index (κ1) is 23.0. The van der Waals surface area contributed by atoms with Crippen LogP contribution in [0.2, 0.25) is 0 Å². The number of thioether (sulfide) groups is 1. The van der Waals surface area contributed by atoms with Crippen LogP contribution in [0.15, 0.2) is 53.4 Å². The number of rotatable bonds is 7. The van der Waals surface area contributed by atoms with E-state index in [1.54, 1.807) is 11.8 Å². The Balaban J connectivity index is 1.41. The second kappa shape index (κ2) is 9.10. The number of fused-ring (bicyclic) bond motifs is 2. The van der Waals surface area contributed by atoms with Gasteiger partial charge in [0.2, 0.25) is 5.91 Å². The van der Waals surface area contributed by atoms with Crippen LogP contribution in [0, 0.1) is 11.8 Å². The lowest BCUT2D eigenvalue weighted by molar-refractivity contribution is -0.141. The molecule has 6 nitrogen and oxygen atoms in total. The van der Waals surface area contributed by atoms with Crippen molar-refractivity contribution < 1.29 is 14.4 Å². The average molecular weight is 478 g/mol. The predicted molar refractivity (Wildman–Crippen MR) is 132 cm³/mol. The molecular formula is C27H31N3O3S. The average Bonchev–Trinajstić information content (AvgIpc) is 3.30. The van der Waals surface area contributed by atoms with Crippen molar-refractivity contribution in [1.29, 1.82) is 0 Å². The van der Waals surface area contributed by atoms with E-state index < -0.39 is 17.6 Å². The minimum atomic E-state index is -1.06. The fourth-order valence-electron chi connectivity index (χ4n) is 5.66. The van der Waals surface area contributed by atoms with Gasteiger partial charge in [0, 0.05) is 11.4 Å². The van der Waals surface area contributed by atoms with Crippen LogP contribution in [0.4, 0.5) is 4.79 Å². The first-order valence-electron chi connectivity index (χ1n) is 12.1. The van der Waals surface area contributed by atoms with Crippen molar-refractivity contribution >= 4 is 29.6 Å². The Morgan fingerprint density at radius 2 is 1.91 bits per heavy atom. The number of imide groups is 1. The molecule has 3 aliphatic rings. The molecule has 3 atom stereocenters. The van der Waals surface area contributed by atoms with Gasteiger partial charge in [0.1, 0.15) is 11.6 Å². The highest BCUT2D eigenvalue weighted by Gasteiger charge is 2.58. The number of nitrogens with one attached hydrogen (secondary N) is 2. The minimum absolute atomic E-state index is 0.103. The molecule has 178 valence electrons. The van der Waals surface area contributed by atoms with E-state index in [-0.39, 0.29) is 17.7 Å². The lowest BCUT2D eigenvalue weighted by Crippen LogP contribution is -2.55. The maximum Gasteiger partial charge on any atom is 0.326 e. The third kappa shape index (κ3) is 3.80. The lowest BCUT2D eigenvalue weighted by atomic mass is 9.73. The summed E-state index contributed by atoms with van der Waals surface area (Å²) >= 11 is 1.67. The molecule has 1 aliphatic heterocycles. The molecule has 2 N–H and O–H groups in total. The molecule has 0 radical (unpaired) electrons. The van der Waals surface area contributed by atoms with Crippen LogP contribution in [0.3, 0.4) is 0 Å². The normalized spacial score (nSPS) is 23.4. The van der Waals surface area contributed by atoms with Crippen LogP contribution in [0.1, 0.15) is 49.3 Å². The molecule has 1 heterocycles. The zero-order valence-corrected chi connectivity index (χ0v) is 20.5. The quantitative estimate of drug-likeness (QED) is 0.462. The first-order valence-corrected chi connectivity index (χ1v) is 13.3. The number of hydrogen-bond acceptors (Lipinski definition) is 4. The summed E-state index contributed by atoms with van der Waals surface area (Å²) in [6, 6.07) is 14.5. The fraction of sp³-hybridized carbons (Fsp3) is 0.444. The zero-order valence-electron chi connectivity index (χ0n) is 19.7. The molecule has 0 aromatic heterocycles. The van der Waals surface area contributed by atoms with Crippen molar-refractivity contribution in [2.75, 3.05) is 6.26 Å². The van der Waals surface area contributed by atoms with Crippen LogP contribution in [-0.2, 0) is 28.1 Å². The second-order valence-corrected chi connectivity index (χ2v) is 10.6. The van der Waals surface area contributed by atoms with E-state index in [1.165, 1.54) is 4.90 Å². The second-order valence-electron chi connectivity index (χ2n) is 9.73. The van der Waals surface area contributed by atoms with E-state index in [9.17, 15) is 14.4 Å². The maximum atomic E-state index is 13.9. The molecule has 4 amide bonds. The molecule has 1 saturated heterocycles. The molecule has 2 aromatic carbocycles. The number of aryl methyl sites for hydroxylation is 1. The van der Waals surface area contributed by atoms with Gasteiger partial charge in [-0.15, -0.1) is 11.8 Å². The van der Waals surface area contributed by atoms with Crippen LogP contribution < -0.4 is 10.6 Å². The highest BCUT2D eigenvalue weighted by atomic mass is 32.2. The van der Waals surface area contributed by atoms with Gasteiger partial charge in [-0.05, 0) is 59.8 Å². The molecule has 0 bridgehead atoms. The Bertz CT molecular complexity index is 1110. The molecule has 7 heteroatoms. The van der Waals surface area contributed by atoms with E-state index >= 15 is 0 Å². The third-order valence-corrected chi connectivity index (χ3v) is 8.68. The zero-order chi connectivity index (χ0) is 23.9. The van der Waals surface area contributed by atoms with Gasteiger partial charge >= 0.3 is 6.03 Å². The van der Waals surface area contributed by atoms with Gasteiger partial charge in [-0.1, -0.05) is 62.6 Å². The minimum Gasteiger partial charge on any atom is -0.350 e. The van der Waals surface area contributed by atoms with Crippen molar-refractivity contribution in [2.45, 2.75) is 62.0 Å². The number of hydrogen-bond donors (Lipinski definition) is 2. The fourth-order valence-corrected chi connectivity index (χ4v) is 6.07. The van der Waals surface area contributed by atoms with E-state index in [1.807, 2.05) is 61.7 Å². The van der Waals surface area contributed by atoms with Crippen molar-refractivity contribution in [1.82, 2.24) is 15.5 Å². The molecule has 1 saturated carbocycles. The molecule has 2 aliphatic carbocycles. The number of carbonyl (C=O) groups is 3. The third-order valence-electron chi connectivity index (χ3n) is 7.93. The molecule has 5 rings (SSSR count). The first-order chi connectivity index (χ1) is 16.4. The van der Waals surface area contributed by atoms with Crippen molar-refractivity contribution in [3.63, 3.8) is 0 Å². The van der Waals surface area contributed by atoms with E-state index in [2.05, 4.69) is 10.6 Å². The lowest BCUT2D eigenvalue weighted by Gasteiger charge is -2.38. The van der Waals surface area contributed by atoms with Gasteiger partial charge < -0.3 is 10.6 Å². The van der Waals surface area contributed by atoms with Crippen molar-refractivity contribution in [3.05, 3.63) is 65.2 Å². The summed E-state index contributed by atoms with van der Waals surface area (Å²) in [4.78, 5) is 43.1. The van der Waals surface area contributed by atoms with Gasteiger partial charge in [0.25, 0.3) is 5.91 Å². The van der Waals surface area contributed by atoms with E-state index in [4.69, 9.17) is 0 Å². The van der Waals surface area contributed by atoms with Crippen LogP contribution >= 0.6 is 11.8 Å². The Kier molecular flexibility index (Phi) is 6.15. The number of benzene rings is 2. The van der Waals surface area contributed by atoms with E-state index in [0.29, 0.717) is 18.9 Å². The molecular weight excluding hydrogens is 446 g/mol. The summed E-state index contributed by atoms with van der Waals surface area (Å²) in [5, 5.41) is 6.01. The van der Waals surface area contributed by atoms with Gasteiger partial charge in [0.05, 0.1) is 0 Å². The Morgan fingerprint density at radius 1 is 1.18 bits per heavy atom. The highest BCUT2D eigenvalue weighted by molar-refractivity contribution is 7.98. The van der Waals surface area contributed by atoms with Crippen LogP contribution in [-0.4, -0.2) is 35.0 Å². The number of carbonyl (C=O) groups excluding carboxylic acids is 3. The smallest absolute Gasteiger partial charge is 0.326 e. The van der Waals surface area contributed by atoms with E-state index in [0.717, 1.165) is 47.3 Å².